The molecule has 0 bridgehead atoms. The van der Waals surface area contributed by atoms with E-state index in [0.717, 1.165) is 30.9 Å². The number of Topliss-reactive ketones (excluding diaryl/α,β-unsaturated/α-hetero) is 1. The van der Waals surface area contributed by atoms with E-state index in [1.807, 2.05) is 6.07 Å². The monoisotopic (exact) mass is 245 g/mol. The molecule has 2 heteroatoms. The van der Waals surface area contributed by atoms with Gasteiger partial charge in [0.25, 0.3) is 0 Å². The van der Waals surface area contributed by atoms with Gasteiger partial charge in [-0.2, -0.15) is 0 Å². The molecule has 1 aromatic carbocycles. The Balaban J connectivity index is 2.20. The summed E-state index contributed by atoms with van der Waals surface area (Å²) in [5.41, 5.74) is 9.42. The van der Waals surface area contributed by atoms with Crippen LogP contribution in [-0.2, 0) is 11.2 Å². The minimum absolute atomic E-state index is 0.161. The second-order valence-corrected chi connectivity index (χ2v) is 5.53. The molecular formula is C16H23NO. The molecule has 2 N–H and O–H groups in total. The zero-order chi connectivity index (χ0) is 13.1. The van der Waals surface area contributed by atoms with Gasteiger partial charge in [-0.25, -0.2) is 0 Å². The van der Waals surface area contributed by atoms with Crippen molar-refractivity contribution in [3.8, 4) is 0 Å². The van der Waals surface area contributed by atoms with Gasteiger partial charge in [0.1, 0.15) is 5.78 Å². The van der Waals surface area contributed by atoms with E-state index in [0.29, 0.717) is 5.78 Å². The standard InChI is InChI=1S/C16H23NO/c1-3-4-13(11(2)18)9-14-10-15(17)7-8-16(14)12-5-6-12/h7-8,10,12-13H,3-6,9,17H2,1-2H3. The summed E-state index contributed by atoms with van der Waals surface area (Å²) >= 11 is 0. The van der Waals surface area contributed by atoms with Crippen LogP contribution in [0.5, 0.6) is 0 Å². The Labute approximate surface area is 110 Å². The number of hydrogen-bond acceptors (Lipinski definition) is 2. The molecule has 2 rings (SSSR count). The van der Waals surface area contributed by atoms with E-state index < -0.39 is 0 Å². The molecule has 0 saturated heterocycles. The Hall–Kier alpha value is -1.31. The van der Waals surface area contributed by atoms with Crippen molar-refractivity contribution in [1.29, 1.82) is 0 Å². The summed E-state index contributed by atoms with van der Waals surface area (Å²) < 4.78 is 0. The number of carbonyl (C=O) groups is 1. The second kappa shape index (κ2) is 5.55. The second-order valence-electron chi connectivity index (χ2n) is 5.53. The first-order valence-corrected chi connectivity index (χ1v) is 7.00. The van der Waals surface area contributed by atoms with E-state index in [1.165, 1.54) is 24.0 Å². The van der Waals surface area contributed by atoms with Crippen LogP contribution in [0.2, 0.25) is 0 Å². The number of carbonyl (C=O) groups excluding carboxylic acids is 1. The normalized spacial score (nSPS) is 16.6. The fourth-order valence-corrected chi connectivity index (χ4v) is 2.66. The Morgan fingerprint density at radius 3 is 2.72 bits per heavy atom. The average molecular weight is 245 g/mol. The van der Waals surface area contributed by atoms with E-state index in [2.05, 4.69) is 19.1 Å². The lowest BCUT2D eigenvalue weighted by molar-refractivity contribution is -0.120. The molecule has 1 unspecified atom stereocenters. The van der Waals surface area contributed by atoms with Crippen LogP contribution < -0.4 is 5.73 Å². The van der Waals surface area contributed by atoms with Crippen LogP contribution in [0.4, 0.5) is 5.69 Å². The van der Waals surface area contributed by atoms with Gasteiger partial charge in [0.15, 0.2) is 0 Å². The molecule has 1 saturated carbocycles. The Morgan fingerprint density at radius 1 is 1.44 bits per heavy atom. The number of hydrogen-bond donors (Lipinski definition) is 1. The van der Waals surface area contributed by atoms with E-state index in [4.69, 9.17) is 5.73 Å². The van der Waals surface area contributed by atoms with Crippen molar-refractivity contribution >= 4 is 11.5 Å². The number of benzene rings is 1. The fourth-order valence-electron chi connectivity index (χ4n) is 2.66. The molecule has 0 radical (unpaired) electrons. The maximum atomic E-state index is 11.7. The van der Waals surface area contributed by atoms with Gasteiger partial charge in [0.05, 0.1) is 0 Å². The maximum Gasteiger partial charge on any atom is 0.133 e. The summed E-state index contributed by atoms with van der Waals surface area (Å²) in [6.45, 7) is 3.85. The maximum absolute atomic E-state index is 11.7. The minimum Gasteiger partial charge on any atom is -0.399 e. The summed E-state index contributed by atoms with van der Waals surface area (Å²) in [6, 6.07) is 6.21. The Morgan fingerprint density at radius 2 is 2.17 bits per heavy atom. The van der Waals surface area contributed by atoms with Crippen molar-refractivity contribution in [3.05, 3.63) is 29.3 Å². The van der Waals surface area contributed by atoms with Gasteiger partial charge in [-0.15, -0.1) is 0 Å². The van der Waals surface area contributed by atoms with Crippen LogP contribution in [0.1, 0.15) is 56.6 Å². The van der Waals surface area contributed by atoms with Crippen molar-refractivity contribution in [1.82, 2.24) is 0 Å². The molecule has 0 aliphatic heterocycles. The van der Waals surface area contributed by atoms with E-state index in [-0.39, 0.29) is 5.92 Å². The lowest BCUT2D eigenvalue weighted by Crippen LogP contribution is -2.15. The highest BCUT2D eigenvalue weighted by Crippen LogP contribution is 2.42. The van der Waals surface area contributed by atoms with Gasteiger partial charge in [-0.3, -0.25) is 4.79 Å². The van der Waals surface area contributed by atoms with Crippen molar-refractivity contribution in [2.75, 3.05) is 5.73 Å². The van der Waals surface area contributed by atoms with Gasteiger partial charge in [-0.05, 0) is 61.8 Å². The Kier molecular flexibility index (Phi) is 4.05. The van der Waals surface area contributed by atoms with Gasteiger partial charge in [-0.1, -0.05) is 19.4 Å². The number of nitrogens with two attached hydrogens (primary N) is 1. The van der Waals surface area contributed by atoms with Crippen LogP contribution in [0.25, 0.3) is 0 Å². The SMILES string of the molecule is CCCC(Cc1cc(N)ccc1C1CC1)C(C)=O. The number of anilines is 1. The molecule has 1 aliphatic rings. The highest BCUT2D eigenvalue weighted by Gasteiger charge is 2.27. The average Bonchev–Trinajstić information content (AvgIpc) is 3.12. The topological polar surface area (TPSA) is 43.1 Å². The first-order chi connectivity index (χ1) is 8.61. The summed E-state index contributed by atoms with van der Waals surface area (Å²) in [7, 11) is 0. The molecule has 18 heavy (non-hydrogen) atoms. The smallest absolute Gasteiger partial charge is 0.133 e. The highest BCUT2D eigenvalue weighted by molar-refractivity contribution is 5.78. The number of ketones is 1. The summed E-state index contributed by atoms with van der Waals surface area (Å²) in [6.07, 6.45) is 5.48. The first-order valence-electron chi connectivity index (χ1n) is 7.00. The summed E-state index contributed by atoms with van der Waals surface area (Å²) in [4.78, 5) is 11.7. The van der Waals surface area contributed by atoms with Crippen molar-refractivity contribution in [2.45, 2.75) is 51.9 Å². The van der Waals surface area contributed by atoms with Gasteiger partial charge in [0, 0.05) is 11.6 Å². The molecule has 1 fully saturated rings. The minimum atomic E-state index is 0.161. The molecule has 98 valence electrons. The largest absolute Gasteiger partial charge is 0.399 e. The van der Waals surface area contributed by atoms with Crippen molar-refractivity contribution in [2.24, 2.45) is 5.92 Å². The summed E-state index contributed by atoms with van der Waals surface area (Å²) in [5, 5.41) is 0. The predicted molar refractivity (Wildman–Crippen MR) is 75.6 cm³/mol. The van der Waals surface area contributed by atoms with Crippen LogP contribution in [0, 0.1) is 5.92 Å². The van der Waals surface area contributed by atoms with E-state index in [9.17, 15) is 4.79 Å². The lowest BCUT2D eigenvalue weighted by atomic mass is 9.88. The van der Waals surface area contributed by atoms with Gasteiger partial charge >= 0.3 is 0 Å². The molecule has 1 aromatic rings. The third-order valence-electron chi connectivity index (χ3n) is 3.86. The van der Waals surface area contributed by atoms with Gasteiger partial charge < -0.3 is 5.73 Å². The van der Waals surface area contributed by atoms with Crippen LogP contribution in [0.15, 0.2) is 18.2 Å². The molecule has 1 atom stereocenters. The molecule has 1 aliphatic carbocycles. The molecule has 0 heterocycles. The molecule has 0 aromatic heterocycles. The zero-order valence-electron chi connectivity index (χ0n) is 11.4. The molecule has 0 amide bonds. The number of rotatable bonds is 6. The van der Waals surface area contributed by atoms with Crippen LogP contribution >= 0.6 is 0 Å². The first kappa shape index (κ1) is 13.1. The quantitative estimate of drug-likeness (QED) is 0.777. The zero-order valence-corrected chi connectivity index (χ0v) is 11.4. The molecule has 0 spiro atoms. The fraction of sp³-hybridized carbons (Fsp3) is 0.562. The van der Waals surface area contributed by atoms with Crippen molar-refractivity contribution in [3.63, 3.8) is 0 Å². The summed E-state index contributed by atoms with van der Waals surface area (Å²) in [5.74, 6) is 1.19. The van der Waals surface area contributed by atoms with E-state index >= 15 is 0 Å². The van der Waals surface area contributed by atoms with Gasteiger partial charge in [0.2, 0.25) is 0 Å². The van der Waals surface area contributed by atoms with Crippen molar-refractivity contribution < 1.29 is 4.79 Å². The Bertz CT molecular complexity index is 435. The number of nitrogen functional groups attached to an aromatic ring is 1. The van der Waals surface area contributed by atoms with Crippen LogP contribution in [-0.4, -0.2) is 5.78 Å². The highest BCUT2D eigenvalue weighted by atomic mass is 16.1. The predicted octanol–water partition coefficient (Wildman–Crippen LogP) is 3.69. The third kappa shape index (κ3) is 3.12. The third-order valence-corrected chi connectivity index (χ3v) is 3.86. The van der Waals surface area contributed by atoms with E-state index in [1.54, 1.807) is 6.92 Å². The molecular weight excluding hydrogens is 222 g/mol. The molecule has 2 nitrogen and oxygen atoms in total. The lowest BCUT2D eigenvalue weighted by Gasteiger charge is -2.16. The van der Waals surface area contributed by atoms with Crippen LogP contribution in [0.3, 0.4) is 0 Å².